The maximum Gasteiger partial charge on any atom is 0.119 e. The van der Waals surface area contributed by atoms with Crippen molar-refractivity contribution in [3.63, 3.8) is 0 Å². The predicted molar refractivity (Wildman–Crippen MR) is 53.1 cm³/mol. The summed E-state index contributed by atoms with van der Waals surface area (Å²) in [4.78, 5) is 0. The molecule has 0 saturated heterocycles. The summed E-state index contributed by atoms with van der Waals surface area (Å²) in [7, 11) is 0. The Hall–Kier alpha value is -1.09. The molecule has 0 saturated carbocycles. The predicted octanol–water partition coefficient (Wildman–Crippen LogP) is 2.31. The molecule has 0 spiro atoms. The molecular weight excluding hydrogens is 183 g/mol. The third-order valence-electron chi connectivity index (χ3n) is 1.87. The van der Waals surface area contributed by atoms with Gasteiger partial charge in [-0.2, -0.15) is 0 Å². The maximum absolute atomic E-state index is 12.3. The highest BCUT2D eigenvalue weighted by atomic mass is 19.1. The Balaban J connectivity index is 2.34. The van der Waals surface area contributed by atoms with E-state index in [0.717, 1.165) is 12.8 Å². The molecule has 1 aromatic rings. The van der Waals surface area contributed by atoms with E-state index < -0.39 is 6.67 Å². The van der Waals surface area contributed by atoms with E-state index in [1.54, 1.807) is 24.3 Å². The number of hydrogen-bond donors (Lipinski definition) is 1. The quantitative estimate of drug-likeness (QED) is 0.711. The van der Waals surface area contributed by atoms with E-state index in [1.807, 2.05) is 0 Å². The Bertz CT molecular complexity index is 263. The van der Waals surface area contributed by atoms with Gasteiger partial charge in [0.1, 0.15) is 12.4 Å². The van der Waals surface area contributed by atoms with Crippen LogP contribution in [0.15, 0.2) is 24.3 Å². The number of aliphatic hydroxyl groups is 1. The summed E-state index contributed by atoms with van der Waals surface area (Å²) < 4.78 is 17.6. The number of alkyl halides is 1. The SMILES string of the molecule is OCCCCOc1cccc(CF)c1. The lowest BCUT2D eigenvalue weighted by Crippen LogP contribution is -1.98. The summed E-state index contributed by atoms with van der Waals surface area (Å²) >= 11 is 0. The van der Waals surface area contributed by atoms with Crippen LogP contribution in [0.5, 0.6) is 5.75 Å². The molecular formula is C11H15FO2. The number of halogens is 1. The van der Waals surface area contributed by atoms with E-state index in [1.165, 1.54) is 0 Å². The second-order valence-corrected chi connectivity index (χ2v) is 3.06. The minimum atomic E-state index is -0.464. The molecule has 0 radical (unpaired) electrons. The van der Waals surface area contributed by atoms with Gasteiger partial charge in [0.2, 0.25) is 0 Å². The number of hydrogen-bond acceptors (Lipinski definition) is 2. The van der Waals surface area contributed by atoms with Gasteiger partial charge < -0.3 is 9.84 Å². The van der Waals surface area contributed by atoms with Gasteiger partial charge in [0, 0.05) is 6.61 Å². The highest BCUT2D eigenvalue weighted by Crippen LogP contribution is 2.14. The van der Waals surface area contributed by atoms with E-state index >= 15 is 0 Å². The summed E-state index contributed by atoms with van der Waals surface area (Å²) in [6, 6.07) is 6.99. The molecule has 0 amide bonds. The standard InChI is InChI=1S/C11H15FO2/c12-9-10-4-3-5-11(8-10)14-7-2-1-6-13/h3-5,8,13H,1-2,6-7,9H2. The van der Waals surface area contributed by atoms with Crippen LogP contribution in [0.25, 0.3) is 0 Å². The largest absolute Gasteiger partial charge is 0.494 e. The van der Waals surface area contributed by atoms with Crippen molar-refractivity contribution < 1.29 is 14.2 Å². The second kappa shape index (κ2) is 6.38. The van der Waals surface area contributed by atoms with Crippen molar-refractivity contribution >= 4 is 0 Å². The molecule has 78 valence electrons. The fourth-order valence-electron chi connectivity index (χ4n) is 1.12. The van der Waals surface area contributed by atoms with Crippen molar-refractivity contribution in [3.8, 4) is 5.75 Å². The van der Waals surface area contributed by atoms with Crippen LogP contribution in [0.2, 0.25) is 0 Å². The number of unbranched alkanes of at least 4 members (excludes halogenated alkanes) is 1. The summed E-state index contributed by atoms with van der Waals surface area (Å²) in [5.74, 6) is 0.693. The third-order valence-corrected chi connectivity index (χ3v) is 1.87. The molecule has 0 fully saturated rings. The van der Waals surface area contributed by atoms with Crippen molar-refractivity contribution in [2.45, 2.75) is 19.5 Å². The molecule has 0 bridgehead atoms. The van der Waals surface area contributed by atoms with Crippen LogP contribution >= 0.6 is 0 Å². The molecule has 2 nitrogen and oxygen atoms in total. The fraction of sp³-hybridized carbons (Fsp3) is 0.455. The van der Waals surface area contributed by atoms with E-state index in [-0.39, 0.29) is 6.61 Å². The minimum Gasteiger partial charge on any atom is -0.494 e. The second-order valence-electron chi connectivity index (χ2n) is 3.06. The van der Waals surface area contributed by atoms with Crippen molar-refractivity contribution in [3.05, 3.63) is 29.8 Å². The van der Waals surface area contributed by atoms with Gasteiger partial charge in [-0.25, -0.2) is 4.39 Å². The first-order valence-corrected chi connectivity index (χ1v) is 4.75. The van der Waals surface area contributed by atoms with Crippen LogP contribution in [0.3, 0.4) is 0 Å². The van der Waals surface area contributed by atoms with Gasteiger partial charge in [0.15, 0.2) is 0 Å². The molecule has 0 aliphatic rings. The minimum absolute atomic E-state index is 0.188. The molecule has 3 heteroatoms. The van der Waals surface area contributed by atoms with Gasteiger partial charge in [-0.15, -0.1) is 0 Å². The van der Waals surface area contributed by atoms with Crippen molar-refractivity contribution in [2.24, 2.45) is 0 Å². The van der Waals surface area contributed by atoms with Crippen LogP contribution < -0.4 is 4.74 Å². The van der Waals surface area contributed by atoms with Gasteiger partial charge in [0.05, 0.1) is 6.61 Å². The molecule has 14 heavy (non-hydrogen) atoms. The normalized spacial score (nSPS) is 10.1. The van der Waals surface area contributed by atoms with Gasteiger partial charge in [-0.3, -0.25) is 0 Å². The number of ether oxygens (including phenoxy) is 1. The first-order chi connectivity index (χ1) is 6.86. The maximum atomic E-state index is 12.3. The third kappa shape index (κ3) is 3.75. The molecule has 0 aliphatic carbocycles. The number of benzene rings is 1. The molecule has 1 aromatic carbocycles. The first-order valence-electron chi connectivity index (χ1n) is 4.75. The van der Waals surface area contributed by atoms with Crippen LogP contribution in [0.1, 0.15) is 18.4 Å². The van der Waals surface area contributed by atoms with Gasteiger partial charge in [-0.05, 0) is 30.5 Å². The average Bonchev–Trinajstić information content (AvgIpc) is 2.25. The Morgan fingerprint density at radius 3 is 2.86 bits per heavy atom. The lowest BCUT2D eigenvalue weighted by Gasteiger charge is -2.05. The highest BCUT2D eigenvalue weighted by Gasteiger charge is 1.96. The monoisotopic (exact) mass is 198 g/mol. The van der Waals surface area contributed by atoms with Crippen LogP contribution in [-0.4, -0.2) is 18.3 Å². The first kappa shape index (κ1) is 11.0. The molecule has 0 heterocycles. The fourth-order valence-corrected chi connectivity index (χ4v) is 1.12. The molecule has 0 atom stereocenters. The van der Waals surface area contributed by atoms with Crippen LogP contribution in [0, 0.1) is 0 Å². The lowest BCUT2D eigenvalue weighted by atomic mass is 10.2. The van der Waals surface area contributed by atoms with Gasteiger partial charge in [-0.1, -0.05) is 12.1 Å². The summed E-state index contributed by atoms with van der Waals surface area (Å²) in [5, 5.41) is 8.54. The molecule has 1 rings (SSSR count). The van der Waals surface area contributed by atoms with Gasteiger partial charge >= 0.3 is 0 Å². The molecule has 0 unspecified atom stereocenters. The van der Waals surface area contributed by atoms with Crippen LogP contribution in [0.4, 0.5) is 4.39 Å². The lowest BCUT2D eigenvalue weighted by molar-refractivity contribution is 0.253. The Morgan fingerprint density at radius 1 is 1.29 bits per heavy atom. The zero-order chi connectivity index (χ0) is 10.2. The van der Waals surface area contributed by atoms with Crippen LogP contribution in [-0.2, 0) is 6.67 Å². The highest BCUT2D eigenvalue weighted by molar-refractivity contribution is 5.27. The van der Waals surface area contributed by atoms with E-state index in [2.05, 4.69) is 0 Å². The van der Waals surface area contributed by atoms with Gasteiger partial charge in [0.25, 0.3) is 0 Å². The van der Waals surface area contributed by atoms with Crippen molar-refractivity contribution in [1.82, 2.24) is 0 Å². The van der Waals surface area contributed by atoms with E-state index in [9.17, 15) is 4.39 Å². The smallest absolute Gasteiger partial charge is 0.119 e. The summed E-state index contributed by atoms with van der Waals surface area (Å²) in [6.07, 6.45) is 1.55. The number of aliphatic hydroxyl groups excluding tert-OH is 1. The summed E-state index contributed by atoms with van der Waals surface area (Å²) in [6.45, 7) is 0.290. The Morgan fingerprint density at radius 2 is 2.14 bits per heavy atom. The van der Waals surface area contributed by atoms with E-state index in [0.29, 0.717) is 17.9 Å². The number of rotatable bonds is 6. The topological polar surface area (TPSA) is 29.5 Å². The zero-order valence-corrected chi connectivity index (χ0v) is 8.08. The summed E-state index contributed by atoms with van der Waals surface area (Å²) in [5.41, 5.74) is 0.629. The Labute approximate surface area is 83.3 Å². The van der Waals surface area contributed by atoms with E-state index in [4.69, 9.17) is 9.84 Å². The molecule has 0 aromatic heterocycles. The average molecular weight is 198 g/mol. The van der Waals surface area contributed by atoms with Crippen molar-refractivity contribution in [1.29, 1.82) is 0 Å². The van der Waals surface area contributed by atoms with Crippen molar-refractivity contribution in [2.75, 3.05) is 13.2 Å². The molecule has 0 aliphatic heterocycles. The molecule has 1 N–H and O–H groups in total. The Kier molecular flexibility index (Phi) is 5.00. The zero-order valence-electron chi connectivity index (χ0n) is 8.08.